The number of benzene rings is 4. The van der Waals surface area contributed by atoms with Crippen molar-refractivity contribution in [1.82, 2.24) is 0 Å². The molecule has 1 aliphatic rings. The molecule has 6 rings (SSSR count). The van der Waals surface area contributed by atoms with Crippen molar-refractivity contribution in [1.29, 1.82) is 5.41 Å². The van der Waals surface area contributed by atoms with Gasteiger partial charge in [-0.2, -0.15) is 0 Å². The van der Waals surface area contributed by atoms with Gasteiger partial charge in [0, 0.05) is 44.9 Å². The van der Waals surface area contributed by atoms with Gasteiger partial charge in [0.1, 0.15) is 0 Å². The van der Waals surface area contributed by atoms with E-state index in [9.17, 15) is 0 Å². The number of hydrogen-bond donors (Lipinski definition) is 3. The van der Waals surface area contributed by atoms with Crippen LogP contribution in [0.2, 0.25) is 0 Å². The van der Waals surface area contributed by atoms with Crippen molar-refractivity contribution in [2.45, 2.75) is 33.7 Å². The molecule has 0 saturated carbocycles. The Hall–Kier alpha value is -4.51. The molecule has 4 N–H and O–H groups in total. The molecule has 0 spiro atoms. The molecule has 0 radical (unpaired) electrons. The summed E-state index contributed by atoms with van der Waals surface area (Å²) in [5.41, 5.74) is 15.3. The molecule has 5 aromatic rings. The van der Waals surface area contributed by atoms with Crippen LogP contribution in [0.4, 0.5) is 5.69 Å². The minimum Gasteiger partial charge on any atom is -0.356 e. The average molecular weight is 572 g/mol. The summed E-state index contributed by atoms with van der Waals surface area (Å²) in [6.07, 6.45) is 8.94. The summed E-state index contributed by atoms with van der Waals surface area (Å²) in [6, 6.07) is 34.2. The van der Waals surface area contributed by atoms with Crippen LogP contribution in [0.25, 0.3) is 32.3 Å². The van der Waals surface area contributed by atoms with E-state index >= 15 is 0 Å². The molecule has 0 unspecified atom stereocenters. The molecule has 0 atom stereocenters. The molecule has 1 heterocycles. The third-order valence-electron chi connectivity index (χ3n) is 6.65. The lowest BCUT2D eigenvalue weighted by atomic mass is 9.99. The lowest BCUT2D eigenvalue weighted by Gasteiger charge is -2.10. The highest BCUT2D eigenvalue weighted by molar-refractivity contribution is 7.19. The largest absolute Gasteiger partial charge is 0.356 e. The minimum absolute atomic E-state index is 0.640. The van der Waals surface area contributed by atoms with Crippen molar-refractivity contribution in [2.75, 3.05) is 5.32 Å². The minimum atomic E-state index is 0.640. The predicted octanol–water partition coefficient (Wildman–Crippen LogP) is 10.6. The van der Waals surface area contributed by atoms with Crippen LogP contribution in [0.5, 0.6) is 0 Å². The molecule has 0 saturated heterocycles. The fourth-order valence-corrected chi connectivity index (χ4v) is 5.98. The number of anilines is 1. The first-order valence-electron chi connectivity index (χ1n) is 14.3. The quantitative estimate of drug-likeness (QED) is 0.138. The first-order chi connectivity index (χ1) is 20.7. The number of nitrogens with two attached hydrogens (primary N) is 1. The van der Waals surface area contributed by atoms with E-state index in [0.717, 1.165) is 17.8 Å². The molecule has 3 nitrogen and oxygen atoms in total. The predicted molar refractivity (Wildman–Crippen MR) is 188 cm³/mol. The van der Waals surface area contributed by atoms with Crippen molar-refractivity contribution >= 4 is 33.8 Å². The topological polar surface area (TPSA) is 61.9 Å². The molecule has 4 heteroatoms. The summed E-state index contributed by atoms with van der Waals surface area (Å²) in [7, 11) is 0. The Labute approximate surface area is 255 Å². The Kier molecular flexibility index (Phi) is 12.7. The van der Waals surface area contributed by atoms with Gasteiger partial charge in [-0.05, 0) is 77.9 Å². The summed E-state index contributed by atoms with van der Waals surface area (Å²) >= 11 is 1.93. The highest BCUT2D eigenvalue weighted by atomic mass is 32.1. The number of fused-ring (bicyclic) bond motifs is 5. The van der Waals surface area contributed by atoms with Crippen LogP contribution in [-0.2, 0) is 13.0 Å². The van der Waals surface area contributed by atoms with Crippen molar-refractivity contribution in [3.8, 4) is 22.3 Å². The molecule has 214 valence electrons. The van der Waals surface area contributed by atoms with Crippen LogP contribution in [0.15, 0.2) is 134 Å². The maximum absolute atomic E-state index is 5.50. The van der Waals surface area contributed by atoms with Crippen LogP contribution >= 0.6 is 11.3 Å². The van der Waals surface area contributed by atoms with Gasteiger partial charge in [-0.1, -0.05) is 105 Å². The van der Waals surface area contributed by atoms with Crippen molar-refractivity contribution < 1.29 is 0 Å². The van der Waals surface area contributed by atoms with E-state index in [4.69, 9.17) is 11.1 Å². The lowest BCUT2D eigenvalue weighted by Crippen LogP contribution is -1.96. The SMILES string of the molecule is C=C/C(=C\C=C/C)Nc1cccc(-c2ccc3sc4c(c3c2)-c2ccccc2C4)c1.C=N.CC.NCc1ccccc1. The summed E-state index contributed by atoms with van der Waals surface area (Å²) in [6.45, 7) is 13.1. The summed E-state index contributed by atoms with van der Waals surface area (Å²) < 4.78 is 1.37. The molecule has 0 fully saturated rings. The first-order valence-corrected chi connectivity index (χ1v) is 15.1. The molecule has 0 amide bonds. The maximum Gasteiger partial charge on any atom is 0.0390 e. The number of thiophene rings is 1. The van der Waals surface area contributed by atoms with Gasteiger partial charge in [0.2, 0.25) is 0 Å². The van der Waals surface area contributed by atoms with Crippen LogP contribution in [0, 0.1) is 5.41 Å². The Bertz CT molecular complexity index is 1640. The van der Waals surface area contributed by atoms with Crippen molar-refractivity contribution in [3.05, 3.63) is 150 Å². The van der Waals surface area contributed by atoms with Gasteiger partial charge in [-0.25, -0.2) is 0 Å². The fourth-order valence-electron chi connectivity index (χ4n) is 4.76. The second kappa shape index (κ2) is 16.7. The van der Waals surface area contributed by atoms with E-state index in [1.54, 1.807) is 0 Å². The third-order valence-corrected chi connectivity index (χ3v) is 7.82. The van der Waals surface area contributed by atoms with E-state index in [2.05, 4.69) is 85.3 Å². The monoisotopic (exact) mass is 571 g/mol. The highest BCUT2D eigenvalue weighted by Gasteiger charge is 2.23. The Morgan fingerprint density at radius 3 is 2.31 bits per heavy atom. The van der Waals surface area contributed by atoms with Gasteiger partial charge in [0.25, 0.3) is 0 Å². The van der Waals surface area contributed by atoms with E-state index in [1.807, 2.05) is 86.7 Å². The zero-order chi connectivity index (χ0) is 30.3. The molecule has 0 aliphatic heterocycles. The zero-order valence-corrected chi connectivity index (χ0v) is 25.7. The Morgan fingerprint density at radius 2 is 1.62 bits per heavy atom. The van der Waals surface area contributed by atoms with Crippen LogP contribution in [-0.4, -0.2) is 6.72 Å². The van der Waals surface area contributed by atoms with E-state index in [-0.39, 0.29) is 0 Å². The maximum atomic E-state index is 5.50. The standard InChI is InChI=1S/C28H23NS.C7H9N.C2H6.CH3N/c1-3-5-11-22(4-2)29-23-12-8-10-19(16-23)20-14-15-26-25(17-20)28-24-13-7-6-9-21(24)18-27(28)30-26;8-6-7-4-2-1-3-5-7;2*1-2/h3-17,29H,2,18H2,1H3;1-5H,6,8H2;1-2H3;2H,1H2/b5-3-,22-11+;;;. The lowest BCUT2D eigenvalue weighted by molar-refractivity contribution is 1.07. The summed E-state index contributed by atoms with van der Waals surface area (Å²) in [5.74, 6) is 0. The van der Waals surface area contributed by atoms with Gasteiger partial charge in [0.15, 0.2) is 0 Å². The number of nitrogens with one attached hydrogen (secondary N) is 2. The Morgan fingerprint density at radius 1 is 0.905 bits per heavy atom. The second-order valence-electron chi connectivity index (χ2n) is 9.19. The zero-order valence-electron chi connectivity index (χ0n) is 24.9. The van der Waals surface area contributed by atoms with Gasteiger partial charge in [-0.3, -0.25) is 0 Å². The van der Waals surface area contributed by atoms with Crippen LogP contribution in [0.3, 0.4) is 0 Å². The summed E-state index contributed by atoms with van der Waals surface area (Å²) in [4.78, 5) is 1.49. The van der Waals surface area contributed by atoms with Gasteiger partial charge in [0.05, 0.1) is 0 Å². The van der Waals surface area contributed by atoms with Crippen LogP contribution < -0.4 is 11.1 Å². The smallest absolute Gasteiger partial charge is 0.0390 e. The summed E-state index contributed by atoms with van der Waals surface area (Å²) in [5, 5.41) is 10.3. The Balaban J connectivity index is 0.000000343. The van der Waals surface area contributed by atoms with Gasteiger partial charge >= 0.3 is 0 Å². The molecule has 1 aliphatic carbocycles. The van der Waals surface area contributed by atoms with E-state index < -0.39 is 0 Å². The number of hydrogen-bond acceptors (Lipinski definition) is 4. The molecule has 42 heavy (non-hydrogen) atoms. The second-order valence-corrected chi connectivity index (χ2v) is 10.3. The molecular weight excluding hydrogens is 531 g/mol. The van der Waals surface area contributed by atoms with Gasteiger partial charge in [-0.15, -0.1) is 11.3 Å². The molecule has 0 bridgehead atoms. The average Bonchev–Trinajstić information content (AvgIpc) is 3.61. The van der Waals surface area contributed by atoms with Gasteiger partial charge < -0.3 is 16.5 Å². The normalized spacial score (nSPS) is 11.2. The molecule has 1 aromatic heterocycles. The highest BCUT2D eigenvalue weighted by Crippen LogP contribution is 2.47. The third kappa shape index (κ3) is 7.82. The number of allylic oxidation sites excluding steroid dienone is 4. The fraction of sp³-hybridized carbons (Fsp3) is 0.132. The van der Waals surface area contributed by atoms with Crippen LogP contribution in [0.1, 0.15) is 36.8 Å². The first kappa shape index (κ1) is 32.0. The van der Waals surface area contributed by atoms with Crippen molar-refractivity contribution in [3.63, 3.8) is 0 Å². The van der Waals surface area contributed by atoms with Crippen molar-refractivity contribution in [2.24, 2.45) is 5.73 Å². The molecular formula is C38H41N3S. The molecule has 4 aromatic carbocycles. The van der Waals surface area contributed by atoms with E-state index in [1.165, 1.54) is 48.3 Å². The number of rotatable bonds is 6. The van der Waals surface area contributed by atoms with E-state index in [0.29, 0.717) is 6.54 Å².